The van der Waals surface area contributed by atoms with Crippen molar-refractivity contribution in [2.45, 2.75) is 26.7 Å². The van der Waals surface area contributed by atoms with Gasteiger partial charge in [-0.25, -0.2) is 4.98 Å². The van der Waals surface area contributed by atoms with Gasteiger partial charge in [-0.3, -0.25) is 9.59 Å². The number of hydrogen-bond acceptors (Lipinski definition) is 5. The summed E-state index contributed by atoms with van der Waals surface area (Å²) >= 11 is 1.53. The predicted octanol–water partition coefficient (Wildman–Crippen LogP) is 4.70. The van der Waals surface area contributed by atoms with E-state index in [2.05, 4.69) is 24.1 Å². The maximum absolute atomic E-state index is 13.1. The molecule has 156 valence electrons. The number of oxazole rings is 1. The van der Waals surface area contributed by atoms with Gasteiger partial charge >= 0.3 is 0 Å². The average molecular weight is 424 g/mol. The SMILES string of the molecule is CC1CC(C)CN(C(=O)c2ccccc2NC(=O)Cc2coc(-c3cccs3)n2)C1. The number of benzene rings is 1. The minimum atomic E-state index is -0.235. The normalized spacial score (nSPS) is 18.9. The summed E-state index contributed by atoms with van der Waals surface area (Å²) in [7, 11) is 0. The van der Waals surface area contributed by atoms with E-state index in [-0.39, 0.29) is 18.2 Å². The highest BCUT2D eigenvalue weighted by Gasteiger charge is 2.27. The highest BCUT2D eigenvalue weighted by Crippen LogP contribution is 2.26. The number of hydrogen-bond donors (Lipinski definition) is 1. The largest absolute Gasteiger partial charge is 0.444 e. The zero-order chi connectivity index (χ0) is 21.1. The molecule has 30 heavy (non-hydrogen) atoms. The molecule has 1 aliphatic heterocycles. The first-order valence-corrected chi connectivity index (χ1v) is 11.0. The van der Waals surface area contributed by atoms with Gasteiger partial charge in [-0.15, -0.1) is 11.3 Å². The van der Waals surface area contributed by atoms with Crippen molar-refractivity contribution < 1.29 is 14.0 Å². The van der Waals surface area contributed by atoms with Gasteiger partial charge in [0, 0.05) is 13.1 Å². The van der Waals surface area contributed by atoms with E-state index in [0.717, 1.165) is 24.4 Å². The molecule has 2 aromatic heterocycles. The molecule has 2 amide bonds. The lowest BCUT2D eigenvalue weighted by molar-refractivity contribution is -0.115. The monoisotopic (exact) mass is 423 g/mol. The number of aromatic nitrogens is 1. The van der Waals surface area contributed by atoms with Gasteiger partial charge in [0.2, 0.25) is 11.8 Å². The number of nitrogens with zero attached hydrogens (tertiary/aromatic N) is 2. The Balaban J connectivity index is 1.45. The van der Waals surface area contributed by atoms with E-state index in [1.54, 1.807) is 12.1 Å². The number of likely N-dealkylation sites (tertiary alicyclic amines) is 1. The highest BCUT2D eigenvalue weighted by atomic mass is 32.1. The second-order valence-electron chi connectivity index (χ2n) is 8.05. The van der Waals surface area contributed by atoms with E-state index in [4.69, 9.17) is 4.42 Å². The second-order valence-corrected chi connectivity index (χ2v) is 9.00. The maximum atomic E-state index is 13.1. The minimum absolute atomic E-state index is 0.0364. The summed E-state index contributed by atoms with van der Waals surface area (Å²) in [5.41, 5.74) is 1.60. The number of rotatable bonds is 5. The van der Waals surface area contributed by atoms with Gasteiger partial charge in [0.15, 0.2) is 0 Å². The van der Waals surface area contributed by atoms with Crippen molar-refractivity contribution >= 4 is 28.8 Å². The fraction of sp³-hybridized carbons (Fsp3) is 0.348. The first-order chi connectivity index (χ1) is 14.5. The third-order valence-corrected chi connectivity index (χ3v) is 6.07. The fourth-order valence-electron chi connectivity index (χ4n) is 4.04. The summed E-state index contributed by atoms with van der Waals surface area (Å²) in [5, 5.41) is 4.83. The van der Waals surface area contributed by atoms with Crippen LogP contribution < -0.4 is 5.32 Å². The molecule has 1 saturated heterocycles. The summed E-state index contributed by atoms with van der Waals surface area (Å²) < 4.78 is 5.48. The van der Waals surface area contributed by atoms with E-state index >= 15 is 0 Å². The van der Waals surface area contributed by atoms with Gasteiger partial charge in [-0.1, -0.05) is 32.0 Å². The van der Waals surface area contributed by atoms with Crippen molar-refractivity contribution in [2.75, 3.05) is 18.4 Å². The number of carbonyl (C=O) groups excluding carboxylic acids is 2. The van der Waals surface area contributed by atoms with E-state index in [1.165, 1.54) is 17.6 Å². The van der Waals surface area contributed by atoms with Crippen LogP contribution in [0.1, 0.15) is 36.3 Å². The Hall–Kier alpha value is -2.93. The molecule has 4 rings (SSSR count). The van der Waals surface area contributed by atoms with Gasteiger partial charge in [0.05, 0.1) is 28.2 Å². The fourth-order valence-corrected chi connectivity index (χ4v) is 4.69. The van der Waals surface area contributed by atoms with Crippen molar-refractivity contribution in [3.8, 4) is 10.8 Å². The smallest absolute Gasteiger partial charge is 0.255 e. The molecule has 0 saturated carbocycles. The molecule has 2 unspecified atom stereocenters. The molecule has 0 bridgehead atoms. The van der Waals surface area contributed by atoms with Gasteiger partial charge in [0.1, 0.15) is 6.26 Å². The zero-order valence-electron chi connectivity index (χ0n) is 17.1. The van der Waals surface area contributed by atoms with Gasteiger partial charge in [-0.2, -0.15) is 0 Å². The Bertz CT molecular complexity index is 1020. The van der Waals surface area contributed by atoms with E-state index < -0.39 is 0 Å². The van der Waals surface area contributed by atoms with Crippen LogP contribution in [0, 0.1) is 11.8 Å². The van der Waals surface area contributed by atoms with E-state index in [9.17, 15) is 9.59 Å². The molecule has 7 heteroatoms. The number of piperidine rings is 1. The van der Waals surface area contributed by atoms with Crippen LogP contribution in [-0.2, 0) is 11.2 Å². The standard InChI is InChI=1S/C23H25N3O3S/c1-15-10-16(2)13-26(12-15)23(28)18-6-3-4-7-19(18)25-21(27)11-17-14-29-22(24-17)20-8-5-9-30-20/h3-9,14-16H,10-13H2,1-2H3,(H,25,27). The Morgan fingerprint density at radius 3 is 2.67 bits per heavy atom. The lowest BCUT2D eigenvalue weighted by Gasteiger charge is -2.35. The molecule has 1 fully saturated rings. The van der Waals surface area contributed by atoms with Gasteiger partial charge < -0.3 is 14.6 Å². The molecular formula is C23H25N3O3S. The van der Waals surface area contributed by atoms with Crippen LogP contribution in [0.3, 0.4) is 0 Å². The molecule has 2 atom stereocenters. The summed E-state index contributed by atoms with van der Waals surface area (Å²) in [4.78, 5) is 33.0. The number of amides is 2. The maximum Gasteiger partial charge on any atom is 0.255 e. The first-order valence-electron chi connectivity index (χ1n) is 10.2. The quantitative estimate of drug-likeness (QED) is 0.645. The molecule has 1 N–H and O–H groups in total. The van der Waals surface area contributed by atoms with Crippen LogP contribution >= 0.6 is 11.3 Å². The molecular weight excluding hydrogens is 398 g/mol. The van der Waals surface area contributed by atoms with Crippen molar-refractivity contribution in [1.82, 2.24) is 9.88 Å². The Labute approximate surface area is 179 Å². The number of anilines is 1. The Kier molecular flexibility index (Phi) is 5.99. The zero-order valence-corrected chi connectivity index (χ0v) is 17.9. The number of carbonyl (C=O) groups is 2. The highest BCUT2D eigenvalue weighted by molar-refractivity contribution is 7.13. The van der Waals surface area contributed by atoms with Crippen LogP contribution in [0.25, 0.3) is 10.8 Å². The third-order valence-electron chi connectivity index (χ3n) is 5.21. The molecule has 0 spiro atoms. The molecule has 0 aliphatic carbocycles. The molecule has 0 radical (unpaired) electrons. The topological polar surface area (TPSA) is 75.4 Å². The van der Waals surface area contributed by atoms with Crippen molar-refractivity contribution in [2.24, 2.45) is 11.8 Å². The van der Waals surface area contributed by atoms with Crippen LogP contribution in [-0.4, -0.2) is 34.8 Å². The van der Waals surface area contributed by atoms with Gasteiger partial charge in [0.25, 0.3) is 5.91 Å². The Morgan fingerprint density at radius 1 is 1.17 bits per heavy atom. The van der Waals surface area contributed by atoms with Crippen LogP contribution in [0.15, 0.2) is 52.5 Å². The predicted molar refractivity (Wildman–Crippen MR) is 117 cm³/mol. The molecule has 3 heterocycles. The molecule has 6 nitrogen and oxygen atoms in total. The van der Waals surface area contributed by atoms with Crippen LogP contribution in [0.4, 0.5) is 5.69 Å². The summed E-state index contributed by atoms with van der Waals surface area (Å²) in [6.07, 6.45) is 2.71. The summed E-state index contributed by atoms with van der Waals surface area (Å²) in [6.45, 7) is 5.84. The number of para-hydroxylation sites is 1. The average Bonchev–Trinajstić information content (AvgIpc) is 3.39. The van der Waals surface area contributed by atoms with Crippen LogP contribution in [0.5, 0.6) is 0 Å². The lowest BCUT2D eigenvalue weighted by Crippen LogP contribution is -2.42. The minimum Gasteiger partial charge on any atom is -0.444 e. The van der Waals surface area contributed by atoms with E-state index in [0.29, 0.717) is 34.7 Å². The van der Waals surface area contributed by atoms with Crippen LogP contribution in [0.2, 0.25) is 0 Å². The summed E-state index contributed by atoms with van der Waals surface area (Å²) in [6, 6.07) is 11.0. The van der Waals surface area contributed by atoms with Gasteiger partial charge in [-0.05, 0) is 41.8 Å². The summed E-state index contributed by atoms with van der Waals surface area (Å²) in [5.74, 6) is 1.19. The van der Waals surface area contributed by atoms with Crippen molar-refractivity contribution in [3.63, 3.8) is 0 Å². The van der Waals surface area contributed by atoms with Crippen molar-refractivity contribution in [1.29, 1.82) is 0 Å². The third kappa shape index (κ3) is 4.62. The second kappa shape index (κ2) is 8.83. The molecule has 1 aliphatic rings. The molecule has 3 aromatic rings. The lowest BCUT2D eigenvalue weighted by atomic mass is 9.91. The number of nitrogens with one attached hydrogen (secondary N) is 1. The first kappa shape index (κ1) is 20.3. The van der Waals surface area contributed by atoms with E-state index in [1.807, 2.05) is 34.5 Å². The van der Waals surface area contributed by atoms with Crippen molar-refractivity contribution in [3.05, 3.63) is 59.3 Å². The number of thiophene rings is 1. The molecule has 1 aromatic carbocycles. The Morgan fingerprint density at radius 2 is 1.93 bits per heavy atom.